The highest BCUT2D eigenvalue weighted by Crippen LogP contribution is 2.20. The molecule has 0 saturated heterocycles. The predicted octanol–water partition coefficient (Wildman–Crippen LogP) is 2.50. The van der Waals surface area contributed by atoms with Crippen LogP contribution >= 0.6 is 22.6 Å². The van der Waals surface area contributed by atoms with Crippen LogP contribution in [0.3, 0.4) is 0 Å². The molecule has 0 radical (unpaired) electrons. The lowest BCUT2D eigenvalue weighted by Gasteiger charge is -2.00. The second kappa shape index (κ2) is 3.76. The van der Waals surface area contributed by atoms with Crippen molar-refractivity contribution < 1.29 is 8.78 Å². The zero-order valence-corrected chi connectivity index (χ0v) is 7.92. The van der Waals surface area contributed by atoms with Gasteiger partial charge in [-0.05, 0) is 28.7 Å². The fraction of sp³-hybridized carbons (Fsp3) is 0.143. The van der Waals surface area contributed by atoms with Gasteiger partial charge in [-0.2, -0.15) is 5.26 Å². The van der Waals surface area contributed by atoms with Crippen LogP contribution < -0.4 is 0 Å². The zero-order valence-electron chi connectivity index (χ0n) is 5.76. The molecule has 0 spiro atoms. The third kappa shape index (κ3) is 1.88. The predicted molar refractivity (Wildman–Crippen MR) is 46.6 cm³/mol. The molecule has 0 amide bonds. The maximum atomic E-state index is 12.1. The molecule has 0 unspecified atom stereocenters. The quantitative estimate of drug-likeness (QED) is 0.741. The molecule has 5 heteroatoms. The fourth-order valence-corrected chi connectivity index (χ4v) is 1.16. The summed E-state index contributed by atoms with van der Waals surface area (Å²) in [4.78, 5) is 3.47. The first kappa shape index (κ1) is 9.32. The Morgan fingerprint density at radius 2 is 2.25 bits per heavy atom. The van der Waals surface area contributed by atoms with Crippen LogP contribution in [0.5, 0.6) is 0 Å². The number of nitrogens with zero attached hydrogens (tertiary/aromatic N) is 2. The molecule has 0 saturated carbocycles. The van der Waals surface area contributed by atoms with E-state index in [4.69, 9.17) is 5.26 Å². The highest BCUT2D eigenvalue weighted by Gasteiger charge is 2.14. The minimum atomic E-state index is -2.68. The van der Waals surface area contributed by atoms with E-state index < -0.39 is 12.1 Å². The van der Waals surface area contributed by atoms with Gasteiger partial charge in [0.05, 0.1) is 5.56 Å². The van der Waals surface area contributed by atoms with Crippen LogP contribution in [0, 0.1) is 14.9 Å². The Balaban J connectivity index is 3.23. The summed E-state index contributed by atoms with van der Waals surface area (Å²) >= 11 is 1.91. The molecular formula is C7H3F2IN2. The van der Waals surface area contributed by atoms with Crippen molar-refractivity contribution in [1.29, 1.82) is 5.26 Å². The maximum Gasteiger partial charge on any atom is 0.281 e. The maximum absolute atomic E-state index is 12.1. The third-order valence-corrected chi connectivity index (χ3v) is 1.80. The highest BCUT2D eigenvalue weighted by atomic mass is 127. The van der Waals surface area contributed by atoms with Crippen molar-refractivity contribution in [2.24, 2.45) is 0 Å². The van der Waals surface area contributed by atoms with E-state index in [9.17, 15) is 8.78 Å². The smallest absolute Gasteiger partial charge is 0.253 e. The van der Waals surface area contributed by atoms with Crippen molar-refractivity contribution in [2.45, 2.75) is 6.43 Å². The Morgan fingerprint density at radius 3 is 2.75 bits per heavy atom. The molecule has 1 rings (SSSR count). The van der Waals surface area contributed by atoms with Crippen LogP contribution in [0.15, 0.2) is 12.3 Å². The molecule has 12 heavy (non-hydrogen) atoms. The Morgan fingerprint density at radius 1 is 1.58 bits per heavy atom. The van der Waals surface area contributed by atoms with Gasteiger partial charge in [0.15, 0.2) is 0 Å². The van der Waals surface area contributed by atoms with Gasteiger partial charge in [0.2, 0.25) is 0 Å². The second-order valence-electron chi connectivity index (χ2n) is 2.00. The van der Waals surface area contributed by atoms with E-state index in [0.29, 0.717) is 3.57 Å². The summed E-state index contributed by atoms with van der Waals surface area (Å²) in [6, 6.07) is 3.05. The molecule has 2 nitrogen and oxygen atoms in total. The first-order chi connectivity index (χ1) is 5.65. The molecule has 0 aliphatic rings. The van der Waals surface area contributed by atoms with Crippen LogP contribution in [0.4, 0.5) is 8.78 Å². The van der Waals surface area contributed by atoms with Gasteiger partial charge in [-0.25, -0.2) is 8.78 Å². The number of hydrogen-bond acceptors (Lipinski definition) is 2. The summed E-state index contributed by atoms with van der Waals surface area (Å²) in [5.41, 5.74) is -0.505. The summed E-state index contributed by atoms with van der Waals surface area (Å²) in [5, 5.41) is 8.47. The van der Waals surface area contributed by atoms with Crippen molar-refractivity contribution in [3.63, 3.8) is 0 Å². The van der Waals surface area contributed by atoms with Crippen LogP contribution in [0.25, 0.3) is 0 Å². The molecule has 0 bridgehead atoms. The first-order valence-electron chi connectivity index (χ1n) is 2.99. The molecule has 1 aromatic heterocycles. The van der Waals surface area contributed by atoms with Crippen LogP contribution in [0.2, 0.25) is 0 Å². The lowest BCUT2D eigenvalue weighted by atomic mass is 10.2. The van der Waals surface area contributed by atoms with E-state index in [-0.39, 0.29) is 5.56 Å². The molecule has 0 atom stereocenters. The molecule has 0 aromatic carbocycles. The topological polar surface area (TPSA) is 36.7 Å². The molecule has 0 N–H and O–H groups in total. The number of hydrogen-bond donors (Lipinski definition) is 0. The van der Waals surface area contributed by atoms with E-state index in [0.717, 1.165) is 0 Å². The average Bonchev–Trinajstić information content (AvgIpc) is 2.03. The summed E-state index contributed by atoms with van der Waals surface area (Å²) in [7, 11) is 0. The van der Waals surface area contributed by atoms with E-state index in [2.05, 4.69) is 4.98 Å². The average molecular weight is 280 g/mol. The summed E-state index contributed by atoms with van der Waals surface area (Å²) in [6.45, 7) is 0. The second-order valence-corrected chi connectivity index (χ2v) is 3.24. The van der Waals surface area contributed by atoms with Crippen molar-refractivity contribution >= 4 is 22.6 Å². The number of aromatic nitrogens is 1. The standard InChI is InChI=1S/C7H3F2IN2/c8-7(9)6-4(2-11)1-5(10)3-12-6/h1,3,7H. The molecule has 1 heterocycles. The monoisotopic (exact) mass is 280 g/mol. The number of alkyl halides is 2. The highest BCUT2D eigenvalue weighted by molar-refractivity contribution is 14.1. The minimum Gasteiger partial charge on any atom is -0.253 e. The minimum absolute atomic E-state index is 0.0584. The number of pyridine rings is 1. The van der Waals surface area contributed by atoms with Gasteiger partial charge < -0.3 is 0 Å². The summed E-state index contributed by atoms with van der Waals surface area (Å²) in [6.07, 6.45) is -1.38. The number of rotatable bonds is 1. The largest absolute Gasteiger partial charge is 0.281 e. The van der Waals surface area contributed by atoms with E-state index in [1.165, 1.54) is 12.3 Å². The van der Waals surface area contributed by atoms with Gasteiger partial charge in [0.25, 0.3) is 6.43 Å². The van der Waals surface area contributed by atoms with Crippen LogP contribution in [0.1, 0.15) is 17.7 Å². The van der Waals surface area contributed by atoms with Gasteiger partial charge >= 0.3 is 0 Å². The molecule has 0 aliphatic heterocycles. The molecule has 1 aromatic rings. The number of nitriles is 1. The normalized spacial score (nSPS) is 9.92. The number of halogens is 3. The lowest BCUT2D eigenvalue weighted by molar-refractivity contribution is 0.145. The van der Waals surface area contributed by atoms with E-state index in [1.807, 2.05) is 22.6 Å². The Hall–Kier alpha value is -0.770. The van der Waals surface area contributed by atoms with Gasteiger partial charge in [0.1, 0.15) is 11.8 Å². The zero-order chi connectivity index (χ0) is 9.14. The van der Waals surface area contributed by atoms with Crippen molar-refractivity contribution in [3.05, 3.63) is 27.1 Å². The first-order valence-corrected chi connectivity index (χ1v) is 4.06. The Bertz CT molecular complexity index is 333. The molecular weight excluding hydrogens is 277 g/mol. The van der Waals surface area contributed by atoms with Crippen LogP contribution in [-0.2, 0) is 0 Å². The molecule has 0 fully saturated rings. The van der Waals surface area contributed by atoms with Crippen molar-refractivity contribution in [1.82, 2.24) is 4.98 Å². The summed E-state index contributed by atoms with van der Waals surface area (Å²) < 4.78 is 24.9. The van der Waals surface area contributed by atoms with Crippen molar-refractivity contribution in [3.8, 4) is 6.07 Å². The van der Waals surface area contributed by atoms with Crippen molar-refractivity contribution in [2.75, 3.05) is 0 Å². The van der Waals surface area contributed by atoms with Crippen LogP contribution in [-0.4, -0.2) is 4.98 Å². The van der Waals surface area contributed by atoms with E-state index in [1.54, 1.807) is 6.07 Å². The SMILES string of the molecule is N#Cc1cc(I)cnc1C(F)F. The third-order valence-electron chi connectivity index (χ3n) is 1.21. The van der Waals surface area contributed by atoms with Gasteiger partial charge in [-0.3, -0.25) is 4.98 Å². The molecule has 0 aliphatic carbocycles. The summed E-state index contributed by atoms with van der Waals surface area (Å²) in [5.74, 6) is 0. The lowest BCUT2D eigenvalue weighted by Crippen LogP contribution is -1.95. The molecule has 62 valence electrons. The Kier molecular flexibility index (Phi) is 2.92. The van der Waals surface area contributed by atoms with Gasteiger partial charge in [-0.15, -0.1) is 0 Å². The Labute approximate surface area is 81.4 Å². The fourth-order valence-electron chi connectivity index (χ4n) is 0.713. The van der Waals surface area contributed by atoms with Gasteiger partial charge in [-0.1, -0.05) is 0 Å². The van der Waals surface area contributed by atoms with E-state index >= 15 is 0 Å². The van der Waals surface area contributed by atoms with Gasteiger partial charge in [0, 0.05) is 9.77 Å².